The average molecular weight is 472 g/mol. The van der Waals surface area contributed by atoms with Crippen LogP contribution >= 0.6 is 0 Å². The van der Waals surface area contributed by atoms with Gasteiger partial charge in [-0.15, -0.1) is 0 Å². The maximum Gasteiger partial charge on any atom is 0.438 e. The predicted octanol–water partition coefficient (Wildman–Crippen LogP) is 5.07. The number of piperidine rings is 1. The van der Waals surface area contributed by atoms with E-state index >= 15 is 0 Å². The number of halogens is 3. The highest BCUT2D eigenvalue weighted by atomic mass is 19.4. The quantitative estimate of drug-likeness (QED) is 0.534. The summed E-state index contributed by atoms with van der Waals surface area (Å²) in [7, 11) is 0. The molecule has 1 aromatic heterocycles. The number of hydrogen-bond acceptors (Lipinski definition) is 3. The molecule has 1 atom stereocenters. The Kier molecular flexibility index (Phi) is 6.51. The number of rotatable bonds is 4. The fraction of sp³-hybridized carbons (Fsp3) is 0.423. The van der Waals surface area contributed by atoms with E-state index in [0.29, 0.717) is 19.0 Å². The molecule has 34 heavy (non-hydrogen) atoms. The Morgan fingerprint density at radius 2 is 1.71 bits per heavy atom. The van der Waals surface area contributed by atoms with E-state index in [4.69, 9.17) is 0 Å². The van der Waals surface area contributed by atoms with Crippen LogP contribution in [-0.2, 0) is 17.4 Å². The van der Waals surface area contributed by atoms with Crippen molar-refractivity contribution >= 4 is 16.9 Å². The zero-order valence-corrected chi connectivity index (χ0v) is 19.5. The molecule has 1 unspecified atom stereocenters. The summed E-state index contributed by atoms with van der Waals surface area (Å²) in [5.74, 6) is 0.0906. The minimum absolute atomic E-state index is 0.0521. The summed E-state index contributed by atoms with van der Waals surface area (Å²) in [5.41, 5.74) is 0.326. The normalized spacial score (nSPS) is 16.1. The average Bonchev–Trinajstić information content (AvgIpc) is 2.79. The van der Waals surface area contributed by atoms with Gasteiger partial charge in [0.1, 0.15) is 6.04 Å². The SMILES string of the molecule is Cc1cc2nc(C(F)(F)F)c(=O)n(C(C)C(=O)N3CCC(Cc4ccccc4)CC3)c2cc1C. The minimum atomic E-state index is -4.91. The summed E-state index contributed by atoms with van der Waals surface area (Å²) in [6.45, 7) is 6.11. The number of alkyl halides is 3. The van der Waals surface area contributed by atoms with Gasteiger partial charge in [0.15, 0.2) is 0 Å². The van der Waals surface area contributed by atoms with Gasteiger partial charge in [-0.3, -0.25) is 14.2 Å². The number of aryl methyl sites for hydroxylation is 2. The van der Waals surface area contributed by atoms with Gasteiger partial charge in [0.05, 0.1) is 11.0 Å². The molecule has 1 saturated heterocycles. The third kappa shape index (κ3) is 4.72. The monoisotopic (exact) mass is 471 g/mol. The Balaban J connectivity index is 1.61. The Morgan fingerprint density at radius 3 is 2.32 bits per heavy atom. The van der Waals surface area contributed by atoms with Crippen molar-refractivity contribution in [3.05, 3.63) is 75.2 Å². The number of fused-ring (bicyclic) bond motifs is 1. The lowest BCUT2D eigenvalue weighted by Gasteiger charge is -2.34. The molecule has 180 valence electrons. The number of aromatic nitrogens is 2. The van der Waals surface area contributed by atoms with Crippen molar-refractivity contribution in [1.29, 1.82) is 0 Å². The molecule has 8 heteroatoms. The van der Waals surface area contributed by atoms with Crippen molar-refractivity contribution in [2.45, 2.75) is 52.3 Å². The van der Waals surface area contributed by atoms with E-state index in [1.165, 1.54) is 18.6 Å². The largest absolute Gasteiger partial charge is 0.438 e. The fourth-order valence-electron chi connectivity index (χ4n) is 4.71. The molecular formula is C26H28F3N3O2. The molecule has 3 aromatic rings. The van der Waals surface area contributed by atoms with E-state index in [1.807, 2.05) is 25.1 Å². The van der Waals surface area contributed by atoms with Crippen molar-refractivity contribution < 1.29 is 18.0 Å². The highest BCUT2D eigenvalue weighted by Gasteiger charge is 2.39. The van der Waals surface area contributed by atoms with Crippen LogP contribution in [0.1, 0.15) is 48.2 Å². The smallest absolute Gasteiger partial charge is 0.341 e. The summed E-state index contributed by atoms with van der Waals surface area (Å²) < 4.78 is 41.8. The molecule has 4 rings (SSSR count). The molecule has 1 amide bonds. The molecule has 0 spiro atoms. The number of carbonyl (C=O) groups excluding carboxylic acids is 1. The Labute approximate surface area is 196 Å². The van der Waals surface area contributed by atoms with Crippen LogP contribution in [0.4, 0.5) is 13.2 Å². The van der Waals surface area contributed by atoms with Gasteiger partial charge < -0.3 is 4.90 Å². The first-order valence-corrected chi connectivity index (χ1v) is 11.5. The second-order valence-corrected chi connectivity index (χ2v) is 9.19. The van der Waals surface area contributed by atoms with Crippen molar-refractivity contribution in [3.63, 3.8) is 0 Å². The minimum Gasteiger partial charge on any atom is -0.341 e. The first-order valence-electron chi connectivity index (χ1n) is 11.5. The van der Waals surface area contributed by atoms with Crippen molar-refractivity contribution in [3.8, 4) is 0 Å². The lowest BCUT2D eigenvalue weighted by atomic mass is 9.90. The molecule has 0 radical (unpaired) electrons. The van der Waals surface area contributed by atoms with Gasteiger partial charge in [0.2, 0.25) is 11.6 Å². The third-order valence-electron chi connectivity index (χ3n) is 6.81. The number of amides is 1. The summed E-state index contributed by atoms with van der Waals surface area (Å²) in [5, 5.41) is 0. The van der Waals surface area contributed by atoms with Crippen molar-refractivity contribution in [1.82, 2.24) is 14.5 Å². The third-order valence-corrected chi connectivity index (χ3v) is 6.81. The van der Waals surface area contributed by atoms with Gasteiger partial charge in [-0.1, -0.05) is 30.3 Å². The summed E-state index contributed by atoms with van der Waals surface area (Å²) in [6.07, 6.45) is -2.36. The van der Waals surface area contributed by atoms with Crippen LogP contribution < -0.4 is 5.56 Å². The molecule has 0 saturated carbocycles. The summed E-state index contributed by atoms with van der Waals surface area (Å²) in [4.78, 5) is 31.6. The maximum absolute atomic E-state index is 13.6. The van der Waals surface area contributed by atoms with Crippen LogP contribution in [0.2, 0.25) is 0 Å². The zero-order valence-electron chi connectivity index (χ0n) is 19.5. The molecule has 2 aromatic carbocycles. The second kappa shape index (κ2) is 9.24. The molecule has 2 heterocycles. The zero-order chi connectivity index (χ0) is 24.6. The van der Waals surface area contributed by atoms with Crippen LogP contribution in [-0.4, -0.2) is 33.4 Å². The van der Waals surface area contributed by atoms with E-state index in [2.05, 4.69) is 17.1 Å². The number of benzene rings is 2. The Morgan fingerprint density at radius 1 is 1.09 bits per heavy atom. The van der Waals surface area contributed by atoms with Crippen molar-refractivity contribution in [2.75, 3.05) is 13.1 Å². The van der Waals surface area contributed by atoms with Crippen LogP contribution in [0.3, 0.4) is 0 Å². The van der Waals surface area contributed by atoms with E-state index in [9.17, 15) is 22.8 Å². The van der Waals surface area contributed by atoms with Crippen LogP contribution in [0.5, 0.6) is 0 Å². The van der Waals surface area contributed by atoms with E-state index < -0.39 is 23.5 Å². The van der Waals surface area contributed by atoms with Gasteiger partial charge in [0.25, 0.3) is 5.56 Å². The molecule has 1 fully saturated rings. The van der Waals surface area contributed by atoms with Crippen LogP contribution in [0.15, 0.2) is 47.3 Å². The lowest BCUT2D eigenvalue weighted by molar-refractivity contribution is -0.143. The Bertz CT molecular complexity index is 1260. The van der Waals surface area contributed by atoms with E-state index in [-0.39, 0.29) is 16.9 Å². The van der Waals surface area contributed by atoms with Crippen LogP contribution in [0, 0.1) is 19.8 Å². The molecule has 0 aliphatic carbocycles. The van der Waals surface area contributed by atoms with Crippen molar-refractivity contribution in [2.24, 2.45) is 5.92 Å². The van der Waals surface area contributed by atoms with Gasteiger partial charge in [-0.2, -0.15) is 13.2 Å². The summed E-state index contributed by atoms with van der Waals surface area (Å²) in [6, 6.07) is 12.2. The number of nitrogens with zero attached hydrogens (tertiary/aromatic N) is 3. The number of likely N-dealkylation sites (tertiary alicyclic amines) is 1. The van der Waals surface area contributed by atoms with E-state index in [0.717, 1.165) is 35.0 Å². The maximum atomic E-state index is 13.6. The predicted molar refractivity (Wildman–Crippen MR) is 125 cm³/mol. The first kappa shape index (κ1) is 24.0. The summed E-state index contributed by atoms with van der Waals surface area (Å²) >= 11 is 0. The number of carbonyl (C=O) groups is 1. The van der Waals surface area contributed by atoms with Crippen LogP contribution in [0.25, 0.3) is 11.0 Å². The molecular weight excluding hydrogens is 443 g/mol. The van der Waals surface area contributed by atoms with Gasteiger partial charge >= 0.3 is 6.18 Å². The number of hydrogen-bond donors (Lipinski definition) is 0. The lowest BCUT2D eigenvalue weighted by Crippen LogP contribution is -2.44. The molecule has 0 N–H and O–H groups in total. The van der Waals surface area contributed by atoms with Gasteiger partial charge in [-0.05, 0) is 74.8 Å². The topological polar surface area (TPSA) is 55.2 Å². The van der Waals surface area contributed by atoms with Gasteiger partial charge in [-0.25, -0.2) is 4.98 Å². The standard InChI is InChI=1S/C26H28F3N3O2/c1-16-13-21-22(14-17(16)2)32(25(34)23(30-21)26(27,28)29)18(3)24(33)31-11-9-20(10-12-31)15-19-7-5-4-6-8-19/h4-8,13-14,18,20H,9-12,15H2,1-3H3. The first-order chi connectivity index (χ1) is 16.1. The Hall–Kier alpha value is -3.16. The highest BCUT2D eigenvalue weighted by molar-refractivity contribution is 5.84. The second-order valence-electron chi connectivity index (χ2n) is 9.19. The van der Waals surface area contributed by atoms with Gasteiger partial charge in [0, 0.05) is 13.1 Å². The highest BCUT2D eigenvalue weighted by Crippen LogP contribution is 2.29. The van der Waals surface area contributed by atoms with E-state index in [1.54, 1.807) is 17.9 Å². The molecule has 5 nitrogen and oxygen atoms in total. The fourth-order valence-corrected chi connectivity index (χ4v) is 4.71. The molecule has 1 aliphatic rings. The molecule has 0 bridgehead atoms. The molecule has 1 aliphatic heterocycles.